The van der Waals surface area contributed by atoms with E-state index in [9.17, 15) is 10.2 Å². The molecule has 0 saturated heterocycles. The number of rotatable bonds is 2. The number of alkyl halides is 3. The highest BCUT2D eigenvalue weighted by molar-refractivity contribution is 9.11. The first-order valence-corrected chi connectivity index (χ1v) is 10.3. The van der Waals surface area contributed by atoms with Gasteiger partial charge in [-0.05, 0) is 99.1 Å². The zero-order chi connectivity index (χ0) is 17.5. The molecule has 0 radical (unpaired) electrons. The Labute approximate surface area is 181 Å². The fourth-order valence-electron chi connectivity index (χ4n) is 2.07. The molecule has 0 bridgehead atoms. The van der Waals surface area contributed by atoms with E-state index in [-0.39, 0.29) is 11.5 Å². The lowest BCUT2D eigenvalue weighted by Gasteiger charge is -2.26. The minimum Gasteiger partial charge on any atom is -0.506 e. The summed E-state index contributed by atoms with van der Waals surface area (Å²) in [6.45, 7) is 0. The minimum atomic E-state index is -1.65. The van der Waals surface area contributed by atoms with E-state index in [1.807, 2.05) is 0 Å². The van der Waals surface area contributed by atoms with Crippen LogP contribution >= 0.6 is 98.5 Å². The number of hydrogen-bond donors (Lipinski definition) is 2. The van der Waals surface area contributed by atoms with Gasteiger partial charge in [0.25, 0.3) is 0 Å². The lowest BCUT2D eigenvalue weighted by Crippen LogP contribution is -2.18. The summed E-state index contributed by atoms with van der Waals surface area (Å²) in [4.78, 5) is 0. The van der Waals surface area contributed by atoms with Crippen LogP contribution in [-0.2, 0) is 0 Å². The standard InChI is InChI=1S/C14H7Br4Cl3O2/c15-7-1-5(2-8(16)12(7)22)11(14(19,20)21)6-3-9(17)13(23)10(18)4-6/h1-4,11,22-23H. The van der Waals surface area contributed by atoms with Crippen molar-refractivity contribution in [1.82, 2.24) is 0 Å². The lowest BCUT2D eigenvalue weighted by atomic mass is 9.92. The van der Waals surface area contributed by atoms with Crippen molar-refractivity contribution in [2.24, 2.45) is 0 Å². The first kappa shape index (κ1) is 20.1. The second kappa shape index (κ2) is 7.60. The van der Waals surface area contributed by atoms with Crippen LogP contribution in [0, 0.1) is 0 Å². The van der Waals surface area contributed by atoms with Gasteiger partial charge in [0.1, 0.15) is 11.5 Å². The molecule has 0 unspecified atom stereocenters. The van der Waals surface area contributed by atoms with Crippen LogP contribution in [0.5, 0.6) is 11.5 Å². The summed E-state index contributed by atoms with van der Waals surface area (Å²) in [6, 6.07) is 6.73. The Balaban J connectivity index is 2.69. The zero-order valence-electron chi connectivity index (χ0n) is 10.9. The molecule has 9 heteroatoms. The van der Waals surface area contributed by atoms with E-state index in [4.69, 9.17) is 34.8 Å². The van der Waals surface area contributed by atoms with Gasteiger partial charge < -0.3 is 10.2 Å². The molecule has 2 N–H and O–H groups in total. The molecule has 2 aromatic rings. The smallest absolute Gasteiger partial charge is 0.201 e. The molecule has 0 aliphatic carbocycles. The van der Waals surface area contributed by atoms with Crippen molar-refractivity contribution in [1.29, 1.82) is 0 Å². The van der Waals surface area contributed by atoms with Crippen LogP contribution in [0.25, 0.3) is 0 Å². The van der Waals surface area contributed by atoms with Crippen LogP contribution in [0.3, 0.4) is 0 Å². The molecule has 23 heavy (non-hydrogen) atoms. The fraction of sp³-hybridized carbons (Fsp3) is 0.143. The van der Waals surface area contributed by atoms with Crippen molar-refractivity contribution in [3.05, 3.63) is 53.3 Å². The van der Waals surface area contributed by atoms with Gasteiger partial charge in [0.15, 0.2) is 0 Å². The maximum atomic E-state index is 9.87. The average molecular weight is 633 g/mol. The van der Waals surface area contributed by atoms with Gasteiger partial charge in [-0.3, -0.25) is 0 Å². The Bertz CT molecular complexity index is 659. The van der Waals surface area contributed by atoms with Crippen molar-refractivity contribution < 1.29 is 10.2 Å². The topological polar surface area (TPSA) is 40.5 Å². The minimum absolute atomic E-state index is 0.0601. The number of hydrogen-bond acceptors (Lipinski definition) is 2. The van der Waals surface area contributed by atoms with E-state index >= 15 is 0 Å². The molecule has 0 aromatic heterocycles. The van der Waals surface area contributed by atoms with E-state index in [0.717, 1.165) is 0 Å². The molecule has 0 heterocycles. The summed E-state index contributed by atoms with van der Waals surface area (Å²) in [5.74, 6) is -0.510. The third kappa shape index (κ3) is 4.52. The number of halogens is 7. The van der Waals surface area contributed by atoms with Gasteiger partial charge >= 0.3 is 0 Å². The molecule has 0 fully saturated rings. The molecule has 0 amide bonds. The third-order valence-corrected chi connectivity index (χ3v) is 6.15. The average Bonchev–Trinajstić information content (AvgIpc) is 2.40. The van der Waals surface area contributed by atoms with Gasteiger partial charge in [0.2, 0.25) is 3.79 Å². The predicted octanol–water partition coefficient (Wildman–Crippen LogP) is 7.65. The summed E-state index contributed by atoms with van der Waals surface area (Å²) >= 11 is 31.7. The first-order chi connectivity index (χ1) is 10.5. The van der Waals surface area contributed by atoms with Gasteiger partial charge in [-0.1, -0.05) is 34.8 Å². The monoisotopic (exact) mass is 628 g/mol. The highest BCUT2D eigenvalue weighted by Gasteiger charge is 2.36. The number of phenols is 2. The fourth-order valence-corrected chi connectivity index (χ4v) is 5.27. The predicted molar refractivity (Wildman–Crippen MR) is 109 cm³/mol. The van der Waals surface area contributed by atoms with Crippen LogP contribution in [0.4, 0.5) is 0 Å². The second-order valence-electron chi connectivity index (χ2n) is 4.64. The Morgan fingerprint density at radius 3 is 1.17 bits per heavy atom. The Hall–Kier alpha value is 0.830. The molecule has 2 rings (SSSR count). The normalized spacial score (nSPS) is 12.0. The molecule has 0 atom stereocenters. The van der Waals surface area contributed by atoms with Crippen LogP contribution in [0.15, 0.2) is 42.2 Å². The SMILES string of the molecule is Oc1c(Br)cc(C(c2cc(Br)c(O)c(Br)c2)C(Cl)(Cl)Cl)cc1Br. The maximum Gasteiger partial charge on any atom is 0.201 e. The van der Waals surface area contributed by atoms with Gasteiger partial charge in [-0.25, -0.2) is 0 Å². The molecule has 124 valence electrons. The molecule has 0 aliphatic rings. The molecular formula is C14H7Br4Cl3O2. The molecular weight excluding hydrogens is 626 g/mol. The van der Waals surface area contributed by atoms with Crippen LogP contribution in [0.2, 0.25) is 0 Å². The molecule has 0 saturated carbocycles. The van der Waals surface area contributed by atoms with Crippen LogP contribution in [0.1, 0.15) is 17.0 Å². The second-order valence-corrected chi connectivity index (χ2v) is 10.4. The van der Waals surface area contributed by atoms with Crippen molar-refractivity contribution in [3.63, 3.8) is 0 Å². The third-order valence-electron chi connectivity index (χ3n) is 3.07. The molecule has 0 spiro atoms. The van der Waals surface area contributed by atoms with Gasteiger partial charge in [0.05, 0.1) is 23.8 Å². The zero-order valence-corrected chi connectivity index (χ0v) is 19.5. The highest BCUT2D eigenvalue weighted by atomic mass is 79.9. The lowest BCUT2D eigenvalue weighted by molar-refractivity contribution is 0.468. The van der Waals surface area contributed by atoms with Crippen molar-refractivity contribution in [2.75, 3.05) is 0 Å². The van der Waals surface area contributed by atoms with Crippen molar-refractivity contribution in [3.8, 4) is 11.5 Å². The first-order valence-electron chi connectivity index (χ1n) is 5.95. The van der Waals surface area contributed by atoms with Gasteiger partial charge in [-0.2, -0.15) is 0 Å². The Morgan fingerprint density at radius 2 is 0.957 bits per heavy atom. The number of aromatic hydroxyl groups is 2. The van der Waals surface area contributed by atoms with Gasteiger partial charge in [0, 0.05) is 0 Å². The summed E-state index contributed by atoms with van der Waals surface area (Å²) in [5.41, 5.74) is 1.34. The number of phenolic OH excluding ortho intramolecular Hbond substituents is 2. The van der Waals surface area contributed by atoms with E-state index < -0.39 is 9.71 Å². The van der Waals surface area contributed by atoms with Crippen LogP contribution in [-0.4, -0.2) is 14.0 Å². The quantitative estimate of drug-likeness (QED) is 0.334. The largest absolute Gasteiger partial charge is 0.506 e. The summed E-state index contributed by atoms with van der Waals surface area (Å²) in [5, 5.41) is 19.7. The van der Waals surface area contributed by atoms with E-state index in [1.54, 1.807) is 24.3 Å². The van der Waals surface area contributed by atoms with Crippen LogP contribution < -0.4 is 0 Å². The van der Waals surface area contributed by atoms with E-state index in [2.05, 4.69) is 63.7 Å². The number of benzene rings is 2. The summed E-state index contributed by atoms with van der Waals surface area (Å²) in [6.07, 6.45) is 0. The van der Waals surface area contributed by atoms with E-state index in [1.165, 1.54) is 0 Å². The van der Waals surface area contributed by atoms with E-state index in [0.29, 0.717) is 29.0 Å². The van der Waals surface area contributed by atoms with Crippen molar-refractivity contribution >= 4 is 98.5 Å². The maximum absolute atomic E-state index is 9.87. The van der Waals surface area contributed by atoms with Gasteiger partial charge in [-0.15, -0.1) is 0 Å². The molecule has 0 aliphatic heterocycles. The Kier molecular flexibility index (Phi) is 6.66. The van der Waals surface area contributed by atoms with Crippen molar-refractivity contribution in [2.45, 2.75) is 9.71 Å². The highest BCUT2D eigenvalue weighted by Crippen LogP contribution is 2.49. The molecule has 2 nitrogen and oxygen atoms in total. The molecule has 2 aromatic carbocycles. The summed E-state index contributed by atoms with van der Waals surface area (Å²) in [7, 11) is 0. The Morgan fingerprint density at radius 1 is 0.696 bits per heavy atom. The summed E-state index contributed by atoms with van der Waals surface area (Å²) < 4.78 is 0.234.